The van der Waals surface area contributed by atoms with Gasteiger partial charge in [0.1, 0.15) is 5.76 Å². The number of rotatable bonds is 5. The van der Waals surface area contributed by atoms with Crippen LogP contribution in [0, 0.1) is 19.8 Å². The second-order valence-electron chi connectivity index (χ2n) is 8.30. The van der Waals surface area contributed by atoms with E-state index in [0.29, 0.717) is 5.92 Å². The molecule has 0 amide bonds. The third kappa shape index (κ3) is 3.85. The summed E-state index contributed by atoms with van der Waals surface area (Å²) in [5.41, 5.74) is 6.24. The predicted octanol–water partition coefficient (Wildman–Crippen LogP) is 4.97. The molecule has 0 aliphatic carbocycles. The van der Waals surface area contributed by atoms with Gasteiger partial charge in [-0.2, -0.15) is 0 Å². The number of aromatic nitrogens is 3. The van der Waals surface area contributed by atoms with E-state index in [0.717, 1.165) is 65.7 Å². The van der Waals surface area contributed by atoms with E-state index in [1.54, 1.807) is 0 Å². The number of nitrogens with zero attached hydrogens (tertiary/aromatic N) is 4. The summed E-state index contributed by atoms with van der Waals surface area (Å²) >= 11 is 0. The molecule has 0 saturated carbocycles. The Hall–Kier alpha value is -3.05. The van der Waals surface area contributed by atoms with Crippen molar-refractivity contribution in [3.05, 3.63) is 77.4 Å². The van der Waals surface area contributed by atoms with Crippen molar-refractivity contribution in [2.24, 2.45) is 5.92 Å². The summed E-state index contributed by atoms with van der Waals surface area (Å²) < 4.78 is 5.32. The summed E-state index contributed by atoms with van der Waals surface area (Å²) in [7, 11) is 0. The fraction of sp³-hybridized carbons (Fsp3) is 0.320. The predicted molar refractivity (Wildman–Crippen MR) is 118 cm³/mol. The maximum atomic E-state index is 5.32. The van der Waals surface area contributed by atoms with E-state index < -0.39 is 0 Å². The Bertz CT molecular complexity index is 1160. The van der Waals surface area contributed by atoms with Crippen molar-refractivity contribution < 1.29 is 4.52 Å². The number of hydrogen-bond acceptors (Lipinski definition) is 5. The molecule has 0 spiro atoms. The highest BCUT2D eigenvalue weighted by atomic mass is 16.5. The van der Waals surface area contributed by atoms with E-state index in [9.17, 15) is 0 Å². The Kier molecular flexibility index (Phi) is 5.05. The third-order valence-electron chi connectivity index (χ3n) is 6.01. The van der Waals surface area contributed by atoms with Crippen LogP contribution in [0.5, 0.6) is 0 Å². The summed E-state index contributed by atoms with van der Waals surface area (Å²) in [5.74, 6) is 1.45. The Labute approximate surface area is 176 Å². The summed E-state index contributed by atoms with van der Waals surface area (Å²) in [6.45, 7) is 7.03. The monoisotopic (exact) mass is 398 g/mol. The first-order valence-corrected chi connectivity index (χ1v) is 10.6. The maximum Gasteiger partial charge on any atom is 0.143 e. The largest absolute Gasteiger partial charge is 0.361 e. The van der Waals surface area contributed by atoms with Gasteiger partial charge in [0.2, 0.25) is 0 Å². The minimum absolute atomic E-state index is 0.623. The average Bonchev–Trinajstić information content (AvgIpc) is 3.33. The standard InChI is InChI=1S/C25H26N4O/c1-17-25(18(2)30-28-17)24-9-5-7-21(26-24)14-19-12-13-29(15-19)16-22-11-10-20-6-3-4-8-23(20)27-22/h3-11,19H,12-16H2,1-2H3/t19-/m1/s1. The number of pyridine rings is 2. The fourth-order valence-electron chi connectivity index (χ4n) is 4.53. The SMILES string of the molecule is Cc1noc(C)c1-c1cccc(C[C@H]2CCN(Cc3ccc4ccccc4n3)C2)n1. The summed E-state index contributed by atoms with van der Waals surface area (Å²) in [6, 6.07) is 18.9. The molecule has 4 heterocycles. The number of fused-ring (bicyclic) bond motifs is 1. The van der Waals surface area contributed by atoms with Crippen LogP contribution in [-0.4, -0.2) is 33.1 Å². The first-order chi connectivity index (χ1) is 14.7. The Morgan fingerprint density at radius 2 is 1.87 bits per heavy atom. The van der Waals surface area contributed by atoms with Crippen LogP contribution in [0.2, 0.25) is 0 Å². The summed E-state index contributed by atoms with van der Waals surface area (Å²) in [4.78, 5) is 12.3. The Balaban J connectivity index is 1.25. The lowest BCUT2D eigenvalue weighted by atomic mass is 10.0. The number of para-hydroxylation sites is 1. The van der Waals surface area contributed by atoms with Crippen molar-refractivity contribution in [2.45, 2.75) is 33.2 Å². The van der Waals surface area contributed by atoms with Gasteiger partial charge in [0.25, 0.3) is 0 Å². The van der Waals surface area contributed by atoms with E-state index in [-0.39, 0.29) is 0 Å². The molecule has 0 radical (unpaired) electrons. The van der Waals surface area contributed by atoms with Crippen LogP contribution in [0.1, 0.15) is 29.3 Å². The third-order valence-corrected chi connectivity index (χ3v) is 6.01. The van der Waals surface area contributed by atoms with Gasteiger partial charge in [-0.1, -0.05) is 35.5 Å². The van der Waals surface area contributed by atoms with Crippen LogP contribution in [-0.2, 0) is 13.0 Å². The van der Waals surface area contributed by atoms with E-state index in [1.807, 2.05) is 19.9 Å². The molecule has 5 nitrogen and oxygen atoms in total. The number of aryl methyl sites for hydroxylation is 2. The molecule has 0 N–H and O–H groups in total. The zero-order valence-corrected chi connectivity index (χ0v) is 17.5. The summed E-state index contributed by atoms with van der Waals surface area (Å²) in [5, 5.41) is 5.27. The topological polar surface area (TPSA) is 55.1 Å². The highest BCUT2D eigenvalue weighted by Crippen LogP contribution is 2.27. The first kappa shape index (κ1) is 18.9. The van der Waals surface area contributed by atoms with Gasteiger partial charge in [-0.25, -0.2) is 0 Å². The smallest absolute Gasteiger partial charge is 0.143 e. The van der Waals surface area contributed by atoms with Crippen LogP contribution >= 0.6 is 0 Å². The van der Waals surface area contributed by atoms with Crippen LogP contribution in [0.25, 0.3) is 22.2 Å². The van der Waals surface area contributed by atoms with Gasteiger partial charge in [0, 0.05) is 24.2 Å². The zero-order valence-electron chi connectivity index (χ0n) is 17.5. The Morgan fingerprint density at radius 3 is 2.73 bits per heavy atom. The van der Waals surface area contributed by atoms with Crippen molar-refractivity contribution in [3.63, 3.8) is 0 Å². The molecule has 0 unspecified atom stereocenters. The second kappa shape index (κ2) is 8.00. The van der Waals surface area contributed by atoms with Gasteiger partial charge in [-0.05, 0) is 63.4 Å². The molecule has 1 aromatic carbocycles. The fourth-order valence-corrected chi connectivity index (χ4v) is 4.53. The molecule has 3 aromatic heterocycles. The zero-order chi connectivity index (χ0) is 20.5. The molecule has 5 heteroatoms. The van der Waals surface area contributed by atoms with Gasteiger partial charge in [-0.3, -0.25) is 14.9 Å². The highest BCUT2D eigenvalue weighted by Gasteiger charge is 2.24. The van der Waals surface area contributed by atoms with Crippen molar-refractivity contribution in [3.8, 4) is 11.3 Å². The van der Waals surface area contributed by atoms with Crippen LogP contribution in [0.3, 0.4) is 0 Å². The van der Waals surface area contributed by atoms with E-state index in [1.165, 1.54) is 11.8 Å². The van der Waals surface area contributed by atoms with Gasteiger partial charge in [0.15, 0.2) is 0 Å². The first-order valence-electron chi connectivity index (χ1n) is 10.6. The minimum atomic E-state index is 0.623. The van der Waals surface area contributed by atoms with Crippen molar-refractivity contribution in [1.82, 2.24) is 20.0 Å². The molecule has 4 aromatic rings. The van der Waals surface area contributed by atoms with Gasteiger partial charge < -0.3 is 4.52 Å². The summed E-state index contributed by atoms with van der Waals surface area (Å²) in [6.07, 6.45) is 2.20. The van der Waals surface area contributed by atoms with Crippen LogP contribution in [0.4, 0.5) is 0 Å². The molecule has 1 fully saturated rings. The van der Waals surface area contributed by atoms with Gasteiger partial charge in [0.05, 0.1) is 28.2 Å². The lowest BCUT2D eigenvalue weighted by molar-refractivity contribution is 0.312. The molecular formula is C25H26N4O. The average molecular weight is 399 g/mol. The van der Waals surface area contributed by atoms with Crippen LogP contribution in [0.15, 0.2) is 59.1 Å². The lowest BCUT2D eigenvalue weighted by Crippen LogP contribution is -2.21. The molecule has 30 heavy (non-hydrogen) atoms. The number of benzene rings is 1. The number of hydrogen-bond donors (Lipinski definition) is 0. The highest BCUT2D eigenvalue weighted by molar-refractivity contribution is 5.78. The van der Waals surface area contributed by atoms with Gasteiger partial charge in [-0.15, -0.1) is 0 Å². The van der Waals surface area contributed by atoms with Crippen molar-refractivity contribution in [2.75, 3.05) is 13.1 Å². The van der Waals surface area contributed by atoms with E-state index >= 15 is 0 Å². The quantitative estimate of drug-likeness (QED) is 0.475. The molecule has 1 atom stereocenters. The normalized spacial score (nSPS) is 17.1. The minimum Gasteiger partial charge on any atom is -0.361 e. The molecule has 1 aliphatic rings. The molecule has 0 bridgehead atoms. The lowest BCUT2D eigenvalue weighted by Gasteiger charge is -2.16. The van der Waals surface area contributed by atoms with Gasteiger partial charge >= 0.3 is 0 Å². The Morgan fingerprint density at radius 1 is 0.967 bits per heavy atom. The molecule has 1 aliphatic heterocycles. The maximum absolute atomic E-state index is 5.32. The van der Waals surface area contributed by atoms with E-state index in [2.05, 4.69) is 58.6 Å². The molecule has 5 rings (SSSR count). The van der Waals surface area contributed by atoms with E-state index in [4.69, 9.17) is 14.5 Å². The van der Waals surface area contributed by atoms with Crippen molar-refractivity contribution >= 4 is 10.9 Å². The second-order valence-corrected chi connectivity index (χ2v) is 8.30. The van der Waals surface area contributed by atoms with Crippen LogP contribution < -0.4 is 0 Å². The van der Waals surface area contributed by atoms with Crippen molar-refractivity contribution in [1.29, 1.82) is 0 Å². The molecule has 152 valence electrons. The molecular weight excluding hydrogens is 372 g/mol. The molecule has 1 saturated heterocycles. The number of likely N-dealkylation sites (tertiary alicyclic amines) is 1.